The second-order valence-corrected chi connectivity index (χ2v) is 8.73. The molecule has 140 valence electrons. The molecule has 5 nitrogen and oxygen atoms in total. The second kappa shape index (κ2) is 8.56. The smallest absolute Gasteiger partial charge is 0.232 e. The number of nitrogens with zero attached hydrogens (tertiary/aromatic N) is 1. The average Bonchev–Trinajstić information content (AvgIpc) is 2.54. The second-order valence-electron chi connectivity index (χ2n) is 6.39. The van der Waals surface area contributed by atoms with Gasteiger partial charge in [0, 0.05) is 23.7 Å². The predicted molar refractivity (Wildman–Crippen MR) is 107 cm³/mol. The molecule has 1 N–H and O–H groups in total. The number of carbonyl (C=O) groups excluding carboxylic acids is 1. The van der Waals surface area contributed by atoms with Crippen LogP contribution in [-0.2, 0) is 14.8 Å². The van der Waals surface area contributed by atoms with Gasteiger partial charge < -0.3 is 5.32 Å². The van der Waals surface area contributed by atoms with E-state index in [1.54, 1.807) is 36.4 Å². The SMILES string of the molecule is CC(C)c1ccc(N(CCC(=O)Nc2cccc(Cl)c2)S(C)(=O)=O)cc1. The Kier molecular flexibility index (Phi) is 6.67. The maximum Gasteiger partial charge on any atom is 0.232 e. The van der Waals surface area contributed by atoms with E-state index in [1.165, 1.54) is 4.31 Å². The van der Waals surface area contributed by atoms with Gasteiger partial charge in [-0.15, -0.1) is 0 Å². The lowest BCUT2D eigenvalue weighted by molar-refractivity contribution is -0.116. The van der Waals surface area contributed by atoms with Crippen LogP contribution in [0.4, 0.5) is 11.4 Å². The molecule has 2 rings (SSSR count). The largest absolute Gasteiger partial charge is 0.326 e. The molecule has 0 fully saturated rings. The zero-order valence-electron chi connectivity index (χ0n) is 15.1. The molecule has 0 aromatic heterocycles. The number of halogens is 1. The summed E-state index contributed by atoms with van der Waals surface area (Å²) in [6, 6.07) is 14.2. The van der Waals surface area contributed by atoms with E-state index in [1.807, 2.05) is 12.1 Å². The van der Waals surface area contributed by atoms with Crippen molar-refractivity contribution in [3.63, 3.8) is 0 Å². The third-order valence-corrected chi connectivity index (χ3v) is 5.33. The Morgan fingerprint density at radius 1 is 1.15 bits per heavy atom. The highest BCUT2D eigenvalue weighted by molar-refractivity contribution is 7.92. The van der Waals surface area contributed by atoms with E-state index in [4.69, 9.17) is 11.6 Å². The molecule has 0 aliphatic heterocycles. The standard InChI is InChI=1S/C19H23ClN2O3S/c1-14(2)15-7-9-18(10-8-15)22(26(3,24)25)12-11-19(23)21-17-6-4-5-16(20)13-17/h4-10,13-14H,11-12H2,1-3H3,(H,21,23). The third-order valence-electron chi connectivity index (χ3n) is 3.90. The lowest BCUT2D eigenvalue weighted by Crippen LogP contribution is -2.33. The predicted octanol–water partition coefficient (Wildman–Crippen LogP) is 4.26. The first kappa shape index (κ1) is 20.3. The molecule has 0 heterocycles. The van der Waals surface area contributed by atoms with Crippen LogP contribution in [0.3, 0.4) is 0 Å². The minimum atomic E-state index is -3.49. The van der Waals surface area contributed by atoms with E-state index < -0.39 is 10.0 Å². The number of hydrogen-bond donors (Lipinski definition) is 1. The van der Waals surface area contributed by atoms with Crippen molar-refractivity contribution in [1.82, 2.24) is 0 Å². The van der Waals surface area contributed by atoms with Crippen LogP contribution in [-0.4, -0.2) is 27.1 Å². The molecule has 0 bridgehead atoms. The van der Waals surface area contributed by atoms with E-state index >= 15 is 0 Å². The monoisotopic (exact) mass is 394 g/mol. The van der Waals surface area contributed by atoms with Crippen molar-refractivity contribution in [2.45, 2.75) is 26.2 Å². The number of hydrogen-bond acceptors (Lipinski definition) is 3. The Balaban J connectivity index is 2.07. The summed E-state index contributed by atoms with van der Waals surface area (Å²) in [7, 11) is -3.49. The maximum atomic E-state index is 12.2. The van der Waals surface area contributed by atoms with Gasteiger partial charge in [0.25, 0.3) is 0 Å². The molecular weight excluding hydrogens is 372 g/mol. The number of nitrogens with one attached hydrogen (secondary N) is 1. The zero-order valence-corrected chi connectivity index (χ0v) is 16.6. The van der Waals surface area contributed by atoms with Crippen molar-refractivity contribution in [1.29, 1.82) is 0 Å². The quantitative estimate of drug-likeness (QED) is 0.763. The summed E-state index contributed by atoms with van der Waals surface area (Å²) >= 11 is 5.89. The summed E-state index contributed by atoms with van der Waals surface area (Å²) in [4.78, 5) is 12.2. The van der Waals surface area contributed by atoms with Gasteiger partial charge in [-0.05, 0) is 41.8 Å². The van der Waals surface area contributed by atoms with Crippen molar-refractivity contribution in [2.24, 2.45) is 0 Å². The lowest BCUT2D eigenvalue weighted by atomic mass is 10.0. The zero-order chi connectivity index (χ0) is 19.3. The van der Waals surface area contributed by atoms with Gasteiger partial charge in [-0.3, -0.25) is 9.10 Å². The van der Waals surface area contributed by atoms with Gasteiger partial charge in [-0.1, -0.05) is 43.6 Å². The third kappa shape index (κ3) is 5.75. The number of amides is 1. The van der Waals surface area contributed by atoms with E-state index in [0.29, 0.717) is 22.3 Å². The minimum Gasteiger partial charge on any atom is -0.326 e. The van der Waals surface area contributed by atoms with Crippen LogP contribution in [0.1, 0.15) is 31.7 Å². The average molecular weight is 395 g/mol. The molecule has 0 aliphatic rings. The molecule has 0 radical (unpaired) electrons. The summed E-state index contributed by atoms with van der Waals surface area (Å²) in [5.74, 6) is 0.0823. The summed E-state index contributed by atoms with van der Waals surface area (Å²) in [6.07, 6.45) is 1.17. The molecule has 2 aromatic carbocycles. The first-order chi connectivity index (χ1) is 12.2. The molecule has 26 heavy (non-hydrogen) atoms. The molecule has 1 amide bonds. The van der Waals surface area contributed by atoms with Gasteiger partial charge in [0.2, 0.25) is 15.9 Å². The van der Waals surface area contributed by atoms with Crippen LogP contribution in [0.25, 0.3) is 0 Å². The van der Waals surface area contributed by atoms with E-state index in [9.17, 15) is 13.2 Å². The van der Waals surface area contributed by atoms with Crippen LogP contribution in [0.15, 0.2) is 48.5 Å². The molecule has 0 atom stereocenters. The van der Waals surface area contributed by atoms with Gasteiger partial charge in [0.1, 0.15) is 0 Å². The van der Waals surface area contributed by atoms with Crippen molar-refractivity contribution in [3.8, 4) is 0 Å². The Hall–Kier alpha value is -2.05. The number of rotatable bonds is 7. The molecule has 2 aromatic rings. The molecule has 0 spiro atoms. The van der Waals surface area contributed by atoms with Crippen LogP contribution in [0.5, 0.6) is 0 Å². The topological polar surface area (TPSA) is 66.5 Å². The van der Waals surface area contributed by atoms with Gasteiger partial charge in [-0.2, -0.15) is 0 Å². The van der Waals surface area contributed by atoms with E-state index in [0.717, 1.165) is 11.8 Å². The van der Waals surface area contributed by atoms with Crippen LogP contribution in [0.2, 0.25) is 5.02 Å². The van der Waals surface area contributed by atoms with Crippen molar-refractivity contribution >= 4 is 38.9 Å². The highest BCUT2D eigenvalue weighted by Crippen LogP contribution is 2.22. The fourth-order valence-electron chi connectivity index (χ4n) is 2.50. The number of carbonyl (C=O) groups is 1. The molecular formula is C19H23ClN2O3S. The number of benzene rings is 2. The molecule has 0 saturated carbocycles. The van der Waals surface area contributed by atoms with Gasteiger partial charge in [0.15, 0.2) is 0 Å². The van der Waals surface area contributed by atoms with Crippen LogP contribution < -0.4 is 9.62 Å². The minimum absolute atomic E-state index is 0.0332. The van der Waals surface area contributed by atoms with Crippen molar-refractivity contribution in [2.75, 3.05) is 22.4 Å². The van der Waals surface area contributed by atoms with Gasteiger partial charge in [-0.25, -0.2) is 8.42 Å². The highest BCUT2D eigenvalue weighted by Gasteiger charge is 2.19. The highest BCUT2D eigenvalue weighted by atomic mass is 35.5. The van der Waals surface area contributed by atoms with Crippen molar-refractivity contribution in [3.05, 3.63) is 59.1 Å². The summed E-state index contributed by atoms with van der Waals surface area (Å²) < 4.78 is 25.5. The fourth-order valence-corrected chi connectivity index (χ4v) is 3.62. The lowest BCUT2D eigenvalue weighted by Gasteiger charge is -2.22. The Morgan fingerprint density at radius 2 is 1.81 bits per heavy atom. The maximum absolute atomic E-state index is 12.2. The van der Waals surface area contributed by atoms with Crippen LogP contribution >= 0.6 is 11.6 Å². The number of sulfonamides is 1. The number of anilines is 2. The Labute approximate surface area is 160 Å². The Bertz CT molecular complexity index is 865. The van der Waals surface area contributed by atoms with Crippen LogP contribution in [0, 0.1) is 0 Å². The van der Waals surface area contributed by atoms with Gasteiger partial charge >= 0.3 is 0 Å². The van der Waals surface area contributed by atoms with E-state index in [-0.39, 0.29) is 18.9 Å². The summed E-state index contributed by atoms with van der Waals surface area (Å²) in [5.41, 5.74) is 2.25. The summed E-state index contributed by atoms with van der Waals surface area (Å²) in [5, 5.41) is 3.24. The first-order valence-electron chi connectivity index (χ1n) is 8.30. The van der Waals surface area contributed by atoms with Crippen molar-refractivity contribution < 1.29 is 13.2 Å². The van der Waals surface area contributed by atoms with Gasteiger partial charge in [0.05, 0.1) is 11.9 Å². The Morgan fingerprint density at radius 3 is 2.35 bits per heavy atom. The fraction of sp³-hybridized carbons (Fsp3) is 0.316. The molecule has 0 unspecified atom stereocenters. The molecule has 7 heteroatoms. The normalized spacial score (nSPS) is 11.4. The first-order valence-corrected chi connectivity index (χ1v) is 10.5. The van der Waals surface area contributed by atoms with E-state index in [2.05, 4.69) is 19.2 Å². The molecule has 0 saturated heterocycles. The summed E-state index contributed by atoms with van der Waals surface area (Å²) in [6.45, 7) is 4.21. The molecule has 0 aliphatic carbocycles.